The van der Waals surface area contributed by atoms with E-state index in [-0.39, 0.29) is 18.0 Å². The summed E-state index contributed by atoms with van der Waals surface area (Å²) < 4.78 is 0. The Morgan fingerprint density at radius 2 is 2.05 bits per heavy atom. The van der Waals surface area contributed by atoms with Crippen LogP contribution in [0.2, 0.25) is 0 Å². The standard InChI is InChI=1S/C15H24N4O2S/c1-3-16-15(21)19-8-6-18(7-9-19)11-14(20)17-12(2)13-5-4-10-22-13/h4-5,10,12H,3,6-9,11H2,1-2H3,(H,16,21)(H,17,20). The number of hydrogen-bond donors (Lipinski definition) is 2. The molecule has 7 heteroatoms. The second kappa shape index (κ2) is 8.14. The van der Waals surface area contributed by atoms with Crippen molar-refractivity contribution in [2.24, 2.45) is 0 Å². The number of thiophene rings is 1. The predicted molar refractivity (Wildman–Crippen MR) is 88.0 cm³/mol. The highest BCUT2D eigenvalue weighted by Crippen LogP contribution is 2.17. The van der Waals surface area contributed by atoms with E-state index in [9.17, 15) is 9.59 Å². The van der Waals surface area contributed by atoms with Crippen molar-refractivity contribution in [3.8, 4) is 0 Å². The summed E-state index contributed by atoms with van der Waals surface area (Å²) in [6.07, 6.45) is 0. The predicted octanol–water partition coefficient (Wildman–Crippen LogP) is 1.27. The molecule has 0 aliphatic carbocycles. The smallest absolute Gasteiger partial charge is 0.317 e. The molecule has 0 bridgehead atoms. The molecule has 3 amide bonds. The molecule has 1 aromatic heterocycles. The maximum atomic E-state index is 12.1. The topological polar surface area (TPSA) is 64.7 Å². The Hall–Kier alpha value is -1.60. The van der Waals surface area contributed by atoms with Gasteiger partial charge in [-0.25, -0.2) is 4.79 Å². The molecule has 0 aromatic carbocycles. The van der Waals surface area contributed by atoms with E-state index in [0.717, 1.165) is 18.0 Å². The molecule has 0 spiro atoms. The van der Waals surface area contributed by atoms with Crippen LogP contribution in [-0.2, 0) is 4.79 Å². The molecule has 2 N–H and O–H groups in total. The summed E-state index contributed by atoms with van der Waals surface area (Å²) in [5.74, 6) is 0.0346. The number of carbonyl (C=O) groups excluding carboxylic acids is 2. The zero-order valence-corrected chi connectivity index (χ0v) is 14.0. The lowest BCUT2D eigenvalue weighted by atomic mass is 10.2. The molecule has 1 fully saturated rings. The molecule has 1 aliphatic rings. The van der Waals surface area contributed by atoms with Crippen molar-refractivity contribution in [2.45, 2.75) is 19.9 Å². The summed E-state index contributed by atoms with van der Waals surface area (Å²) in [7, 11) is 0. The van der Waals surface area contributed by atoms with E-state index in [1.54, 1.807) is 16.2 Å². The fourth-order valence-electron chi connectivity index (χ4n) is 2.47. The first kappa shape index (κ1) is 16.8. The van der Waals surface area contributed by atoms with Crippen molar-refractivity contribution in [1.29, 1.82) is 0 Å². The molecule has 0 radical (unpaired) electrons. The van der Waals surface area contributed by atoms with Gasteiger partial charge in [-0.2, -0.15) is 0 Å². The molecule has 2 rings (SSSR count). The average Bonchev–Trinajstić information content (AvgIpc) is 3.02. The molecular formula is C15H24N4O2S. The van der Waals surface area contributed by atoms with Gasteiger partial charge < -0.3 is 15.5 Å². The highest BCUT2D eigenvalue weighted by Gasteiger charge is 2.22. The molecule has 0 saturated carbocycles. The van der Waals surface area contributed by atoms with Gasteiger partial charge in [0.2, 0.25) is 5.91 Å². The summed E-state index contributed by atoms with van der Waals surface area (Å²) in [6.45, 7) is 7.74. The quantitative estimate of drug-likeness (QED) is 0.857. The molecule has 2 heterocycles. The average molecular weight is 324 g/mol. The van der Waals surface area contributed by atoms with Gasteiger partial charge in [-0.05, 0) is 25.3 Å². The molecule has 22 heavy (non-hydrogen) atoms. The van der Waals surface area contributed by atoms with E-state index in [1.807, 2.05) is 31.4 Å². The third kappa shape index (κ3) is 4.71. The normalized spacial score (nSPS) is 17.1. The largest absolute Gasteiger partial charge is 0.348 e. The van der Waals surface area contributed by atoms with Crippen molar-refractivity contribution < 1.29 is 9.59 Å². The minimum atomic E-state index is -0.0158. The van der Waals surface area contributed by atoms with Crippen LogP contribution in [0.4, 0.5) is 4.79 Å². The van der Waals surface area contributed by atoms with Crippen LogP contribution in [0.5, 0.6) is 0 Å². The maximum absolute atomic E-state index is 12.1. The second-order valence-electron chi connectivity index (χ2n) is 5.40. The summed E-state index contributed by atoms with van der Waals surface area (Å²) >= 11 is 1.65. The number of rotatable bonds is 5. The highest BCUT2D eigenvalue weighted by molar-refractivity contribution is 7.10. The SMILES string of the molecule is CCNC(=O)N1CCN(CC(=O)NC(C)c2cccs2)CC1. The third-order valence-electron chi connectivity index (χ3n) is 3.70. The highest BCUT2D eigenvalue weighted by atomic mass is 32.1. The van der Waals surface area contributed by atoms with Crippen molar-refractivity contribution in [3.63, 3.8) is 0 Å². The summed E-state index contributed by atoms with van der Waals surface area (Å²) in [6, 6.07) is 4.05. The Kier molecular flexibility index (Phi) is 6.21. The van der Waals surface area contributed by atoms with Crippen LogP contribution >= 0.6 is 11.3 Å². The lowest BCUT2D eigenvalue weighted by Crippen LogP contribution is -2.53. The van der Waals surface area contributed by atoms with E-state index in [1.165, 1.54) is 0 Å². The molecular weight excluding hydrogens is 300 g/mol. The van der Waals surface area contributed by atoms with Crippen LogP contribution in [0, 0.1) is 0 Å². The van der Waals surface area contributed by atoms with E-state index >= 15 is 0 Å². The first-order valence-corrected chi connectivity index (χ1v) is 8.56. The van der Waals surface area contributed by atoms with Gasteiger partial charge in [0.15, 0.2) is 0 Å². The van der Waals surface area contributed by atoms with Gasteiger partial charge in [-0.1, -0.05) is 6.07 Å². The van der Waals surface area contributed by atoms with Crippen molar-refractivity contribution in [3.05, 3.63) is 22.4 Å². The van der Waals surface area contributed by atoms with Crippen molar-refractivity contribution >= 4 is 23.3 Å². The Bertz CT molecular complexity index is 484. The Labute approximate surface area is 135 Å². The summed E-state index contributed by atoms with van der Waals surface area (Å²) in [5.41, 5.74) is 0. The zero-order chi connectivity index (χ0) is 15.9. The van der Waals surface area contributed by atoms with Crippen LogP contribution in [0.15, 0.2) is 17.5 Å². The number of nitrogens with zero attached hydrogens (tertiary/aromatic N) is 2. The van der Waals surface area contributed by atoms with E-state index in [0.29, 0.717) is 26.2 Å². The van der Waals surface area contributed by atoms with Gasteiger partial charge in [0, 0.05) is 37.6 Å². The van der Waals surface area contributed by atoms with Crippen molar-refractivity contribution in [1.82, 2.24) is 20.4 Å². The van der Waals surface area contributed by atoms with Crippen LogP contribution in [0.1, 0.15) is 24.8 Å². The van der Waals surface area contributed by atoms with E-state index in [2.05, 4.69) is 15.5 Å². The van der Waals surface area contributed by atoms with Gasteiger partial charge in [0.1, 0.15) is 0 Å². The van der Waals surface area contributed by atoms with Gasteiger partial charge in [-0.3, -0.25) is 9.69 Å². The number of hydrogen-bond acceptors (Lipinski definition) is 4. The number of carbonyl (C=O) groups is 2. The van der Waals surface area contributed by atoms with Gasteiger partial charge in [-0.15, -0.1) is 11.3 Å². The zero-order valence-electron chi connectivity index (χ0n) is 13.2. The van der Waals surface area contributed by atoms with Crippen LogP contribution in [-0.4, -0.2) is 61.0 Å². The number of piperazine rings is 1. The summed E-state index contributed by atoms with van der Waals surface area (Å²) in [4.78, 5) is 28.9. The molecule has 1 aromatic rings. The molecule has 6 nitrogen and oxygen atoms in total. The van der Waals surface area contributed by atoms with E-state index in [4.69, 9.17) is 0 Å². The Morgan fingerprint density at radius 3 is 2.64 bits per heavy atom. The number of nitrogens with one attached hydrogen (secondary N) is 2. The molecule has 122 valence electrons. The number of amides is 3. The Morgan fingerprint density at radius 1 is 1.32 bits per heavy atom. The third-order valence-corrected chi connectivity index (χ3v) is 4.76. The fraction of sp³-hybridized carbons (Fsp3) is 0.600. The van der Waals surface area contributed by atoms with Gasteiger partial charge >= 0.3 is 6.03 Å². The van der Waals surface area contributed by atoms with Gasteiger partial charge in [0.25, 0.3) is 0 Å². The van der Waals surface area contributed by atoms with E-state index < -0.39 is 0 Å². The summed E-state index contributed by atoms with van der Waals surface area (Å²) in [5, 5.41) is 7.84. The molecule has 1 aliphatic heterocycles. The minimum Gasteiger partial charge on any atom is -0.348 e. The van der Waals surface area contributed by atoms with Gasteiger partial charge in [0.05, 0.1) is 12.6 Å². The van der Waals surface area contributed by atoms with Crippen LogP contribution in [0.25, 0.3) is 0 Å². The monoisotopic (exact) mass is 324 g/mol. The molecule has 1 unspecified atom stereocenters. The first-order chi connectivity index (χ1) is 10.6. The lowest BCUT2D eigenvalue weighted by molar-refractivity contribution is -0.123. The second-order valence-corrected chi connectivity index (χ2v) is 6.38. The van der Waals surface area contributed by atoms with Crippen molar-refractivity contribution in [2.75, 3.05) is 39.3 Å². The Balaban J connectivity index is 1.71. The maximum Gasteiger partial charge on any atom is 0.317 e. The van der Waals surface area contributed by atoms with Crippen LogP contribution in [0.3, 0.4) is 0 Å². The number of urea groups is 1. The van der Waals surface area contributed by atoms with Crippen LogP contribution < -0.4 is 10.6 Å². The minimum absolute atomic E-state index is 0.0158. The molecule has 1 atom stereocenters. The fourth-order valence-corrected chi connectivity index (χ4v) is 3.21. The lowest BCUT2D eigenvalue weighted by Gasteiger charge is -2.34. The molecule has 1 saturated heterocycles. The first-order valence-electron chi connectivity index (χ1n) is 7.68.